The number of anilines is 1. The van der Waals surface area contributed by atoms with Gasteiger partial charge in [-0.2, -0.15) is 0 Å². The van der Waals surface area contributed by atoms with Gasteiger partial charge in [-0.15, -0.1) is 0 Å². The molecule has 22 nitrogen and oxygen atoms in total. The van der Waals surface area contributed by atoms with E-state index in [4.69, 9.17) is 38.9 Å². The molecule has 2 atom stereocenters. The van der Waals surface area contributed by atoms with Gasteiger partial charge in [-0.1, -0.05) is 39.8 Å². The van der Waals surface area contributed by atoms with Crippen molar-refractivity contribution in [3.05, 3.63) is 42.0 Å². The first-order chi connectivity index (χ1) is 32.2. The van der Waals surface area contributed by atoms with Gasteiger partial charge in [0.25, 0.3) is 11.8 Å². The van der Waals surface area contributed by atoms with Gasteiger partial charge in [-0.25, -0.2) is 4.79 Å². The normalized spacial score (nSPS) is 13.1. The van der Waals surface area contributed by atoms with Crippen LogP contribution in [0.3, 0.4) is 0 Å². The number of primary amides is 1. The van der Waals surface area contributed by atoms with Gasteiger partial charge in [0.15, 0.2) is 0 Å². The van der Waals surface area contributed by atoms with Crippen molar-refractivity contribution in [2.24, 2.45) is 17.6 Å². The SMILES string of the molecule is CC(C)C(=O)OCc1ccc(NC(=O)[C@H](CCCCNC(N)=O)NC(=O)[C@@H](NC(=O)CCOCCOCCOCCOCCOCCOCCNC(=O)CCN2C(=O)C=CC2=O)C(C)C)cc1. The number of benzene rings is 1. The Kier molecular flexibility index (Phi) is 29.9. The molecular formula is C45H71N7O15. The van der Waals surface area contributed by atoms with Crippen molar-refractivity contribution in [1.29, 1.82) is 0 Å². The average Bonchev–Trinajstić information content (AvgIpc) is 3.61. The van der Waals surface area contributed by atoms with Crippen molar-refractivity contribution in [3.63, 3.8) is 0 Å². The minimum atomic E-state index is -0.957. The number of nitrogens with two attached hydrogens (primary N) is 1. The van der Waals surface area contributed by atoms with E-state index in [9.17, 15) is 38.4 Å². The number of nitrogens with one attached hydrogen (secondary N) is 5. The van der Waals surface area contributed by atoms with E-state index in [-0.39, 0.29) is 75.9 Å². The monoisotopic (exact) mass is 950 g/mol. The standard InChI is InChI=1S/C45H71N7O15/c1-32(2)41(43(58)50-36(7-5-6-16-48-45(46)60)42(57)49-35-10-8-34(9-11-35)31-67-44(59)33(3)4)51-38(54)15-19-61-21-23-63-25-27-65-29-30-66-28-26-64-24-22-62-20-17-47-37(53)14-18-52-39(55)12-13-40(52)56/h8-13,32-33,36,41H,5-7,14-31H2,1-4H3,(H,47,53)(H,49,57)(H,50,58)(H,51,54)(H3,46,48,60)/t36-,41-/m0/s1. The van der Waals surface area contributed by atoms with Gasteiger partial charge in [0.05, 0.1) is 85.2 Å². The molecule has 2 rings (SSSR count). The molecule has 0 bridgehead atoms. The Morgan fingerprint density at radius 2 is 1.15 bits per heavy atom. The predicted octanol–water partition coefficient (Wildman–Crippen LogP) is 0.710. The molecule has 67 heavy (non-hydrogen) atoms. The lowest BCUT2D eigenvalue weighted by molar-refractivity contribution is -0.148. The number of carbonyl (C=O) groups excluding carboxylic acids is 8. The van der Waals surface area contributed by atoms with Gasteiger partial charge < -0.3 is 65.5 Å². The predicted molar refractivity (Wildman–Crippen MR) is 243 cm³/mol. The number of hydrogen-bond donors (Lipinski definition) is 6. The fourth-order valence-electron chi connectivity index (χ4n) is 5.81. The average molecular weight is 950 g/mol. The fourth-order valence-corrected chi connectivity index (χ4v) is 5.81. The molecule has 0 saturated heterocycles. The summed E-state index contributed by atoms with van der Waals surface area (Å²) in [6.45, 7) is 11.6. The molecule has 0 spiro atoms. The van der Waals surface area contributed by atoms with Crippen LogP contribution in [0.1, 0.15) is 65.4 Å². The number of hydrogen-bond acceptors (Lipinski definition) is 15. The number of amides is 8. The van der Waals surface area contributed by atoms with Crippen LogP contribution >= 0.6 is 0 Å². The Labute approximate surface area is 392 Å². The van der Waals surface area contributed by atoms with Crippen LogP contribution < -0.4 is 32.3 Å². The van der Waals surface area contributed by atoms with E-state index in [1.54, 1.807) is 52.0 Å². The van der Waals surface area contributed by atoms with E-state index in [1.807, 2.05) is 0 Å². The highest BCUT2D eigenvalue weighted by atomic mass is 16.6. The highest BCUT2D eigenvalue weighted by molar-refractivity contribution is 6.13. The first-order valence-corrected chi connectivity index (χ1v) is 22.6. The van der Waals surface area contributed by atoms with Crippen molar-refractivity contribution in [3.8, 4) is 0 Å². The van der Waals surface area contributed by atoms with Crippen molar-refractivity contribution in [2.75, 3.05) is 104 Å². The van der Waals surface area contributed by atoms with Crippen LogP contribution in [0.25, 0.3) is 0 Å². The van der Waals surface area contributed by atoms with E-state index in [0.717, 1.165) is 10.5 Å². The van der Waals surface area contributed by atoms with Gasteiger partial charge in [0.1, 0.15) is 18.7 Å². The Hall–Kier alpha value is -5.52. The third-order valence-electron chi connectivity index (χ3n) is 9.56. The van der Waals surface area contributed by atoms with Gasteiger partial charge >= 0.3 is 12.0 Å². The second-order valence-corrected chi connectivity index (χ2v) is 15.8. The summed E-state index contributed by atoms with van der Waals surface area (Å²) in [4.78, 5) is 98.5. The summed E-state index contributed by atoms with van der Waals surface area (Å²) in [6.07, 6.45) is 3.61. The molecule has 1 heterocycles. The maximum absolute atomic E-state index is 13.5. The van der Waals surface area contributed by atoms with Crippen molar-refractivity contribution < 1.29 is 71.5 Å². The Morgan fingerprint density at radius 1 is 0.612 bits per heavy atom. The molecule has 0 saturated carbocycles. The summed E-state index contributed by atoms with van der Waals surface area (Å²) in [5.41, 5.74) is 6.35. The van der Waals surface area contributed by atoms with Crippen molar-refractivity contribution in [1.82, 2.24) is 26.2 Å². The number of esters is 1. The van der Waals surface area contributed by atoms with Crippen LogP contribution in [0.5, 0.6) is 0 Å². The first-order valence-electron chi connectivity index (χ1n) is 22.6. The lowest BCUT2D eigenvalue weighted by atomic mass is 10.0. The molecule has 1 aliphatic rings. The Balaban J connectivity index is 1.53. The van der Waals surface area contributed by atoms with Crippen LogP contribution in [0.15, 0.2) is 36.4 Å². The summed E-state index contributed by atoms with van der Waals surface area (Å²) in [5.74, 6) is -3.39. The van der Waals surface area contributed by atoms with Gasteiger partial charge in [0.2, 0.25) is 23.6 Å². The molecular weight excluding hydrogens is 879 g/mol. The van der Waals surface area contributed by atoms with Crippen LogP contribution in [0.2, 0.25) is 0 Å². The number of nitrogens with zero attached hydrogens (tertiary/aromatic N) is 1. The molecule has 1 aromatic rings. The topological polar surface area (TPSA) is 291 Å². The summed E-state index contributed by atoms with van der Waals surface area (Å²) in [6, 6.07) is 4.23. The zero-order valence-corrected chi connectivity index (χ0v) is 39.3. The maximum Gasteiger partial charge on any atom is 0.312 e. The van der Waals surface area contributed by atoms with E-state index in [2.05, 4.69) is 26.6 Å². The fraction of sp³-hybridized carbons (Fsp3) is 0.644. The van der Waals surface area contributed by atoms with Crippen LogP contribution in [-0.4, -0.2) is 163 Å². The van der Waals surface area contributed by atoms with E-state index < -0.39 is 47.7 Å². The number of rotatable bonds is 38. The lowest BCUT2D eigenvalue weighted by Crippen LogP contribution is -2.54. The van der Waals surface area contributed by atoms with Gasteiger partial charge in [0, 0.05) is 50.3 Å². The highest BCUT2D eigenvalue weighted by Crippen LogP contribution is 2.14. The molecule has 22 heteroatoms. The molecule has 376 valence electrons. The molecule has 0 aliphatic carbocycles. The Bertz CT molecular complexity index is 1690. The molecule has 7 N–H and O–H groups in total. The molecule has 0 radical (unpaired) electrons. The minimum absolute atomic E-state index is 0.00113. The third kappa shape index (κ3) is 27.0. The Morgan fingerprint density at radius 3 is 1.67 bits per heavy atom. The smallest absolute Gasteiger partial charge is 0.312 e. The van der Waals surface area contributed by atoms with E-state index in [1.165, 1.54) is 12.2 Å². The number of urea groups is 1. The van der Waals surface area contributed by atoms with E-state index >= 15 is 0 Å². The zero-order valence-electron chi connectivity index (χ0n) is 39.3. The van der Waals surface area contributed by atoms with E-state index in [0.29, 0.717) is 91.1 Å². The summed E-state index contributed by atoms with van der Waals surface area (Å²) in [7, 11) is 0. The number of carbonyl (C=O) groups is 8. The lowest BCUT2D eigenvalue weighted by Gasteiger charge is -2.25. The van der Waals surface area contributed by atoms with Gasteiger partial charge in [-0.05, 0) is 42.9 Å². The molecule has 1 aromatic carbocycles. The second-order valence-electron chi connectivity index (χ2n) is 15.8. The zero-order chi connectivity index (χ0) is 49.2. The molecule has 0 unspecified atom stereocenters. The third-order valence-corrected chi connectivity index (χ3v) is 9.56. The summed E-state index contributed by atoms with van der Waals surface area (Å²) >= 11 is 0. The summed E-state index contributed by atoms with van der Waals surface area (Å²) < 4.78 is 38.1. The maximum atomic E-state index is 13.5. The molecule has 8 amide bonds. The number of ether oxygens (including phenoxy) is 7. The largest absolute Gasteiger partial charge is 0.461 e. The van der Waals surface area contributed by atoms with Crippen LogP contribution in [-0.2, 0) is 73.3 Å². The first kappa shape index (κ1) is 57.6. The number of unbranched alkanes of at least 4 members (excludes halogenated alkanes) is 1. The second kappa shape index (κ2) is 34.7. The molecule has 0 aromatic heterocycles. The van der Waals surface area contributed by atoms with Gasteiger partial charge in [-0.3, -0.25) is 38.5 Å². The van der Waals surface area contributed by atoms with Crippen molar-refractivity contribution in [2.45, 2.75) is 78.5 Å². The minimum Gasteiger partial charge on any atom is -0.461 e. The van der Waals surface area contributed by atoms with Crippen molar-refractivity contribution >= 4 is 53.1 Å². The molecule has 0 fully saturated rings. The highest BCUT2D eigenvalue weighted by Gasteiger charge is 2.29. The van der Waals surface area contributed by atoms with Crippen LogP contribution in [0, 0.1) is 11.8 Å². The number of imide groups is 1. The quantitative estimate of drug-likeness (QED) is 0.0302. The summed E-state index contributed by atoms with van der Waals surface area (Å²) in [5, 5.41) is 13.5. The van der Waals surface area contributed by atoms with Crippen LogP contribution in [0.4, 0.5) is 10.5 Å². The molecule has 1 aliphatic heterocycles.